The molecule has 0 aliphatic heterocycles. The Morgan fingerprint density at radius 3 is 2.29 bits per heavy atom. The standard InChI is InChI=1S/C14H22N2O/c1-11(2)9-12-5-7-13(8-6-12)15-10-14(17)16(3)4/h5-8,11,15H,9-10H2,1-4H3. The van der Waals surface area contributed by atoms with E-state index in [1.807, 2.05) is 12.1 Å². The van der Waals surface area contributed by atoms with Gasteiger partial charge in [-0.15, -0.1) is 0 Å². The highest BCUT2D eigenvalue weighted by atomic mass is 16.2. The molecule has 0 atom stereocenters. The van der Waals surface area contributed by atoms with E-state index in [2.05, 4.69) is 31.3 Å². The molecule has 3 nitrogen and oxygen atoms in total. The summed E-state index contributed by atoms with van der Waals surface area (Å²) in [5.74, 6) is 0.750. The highest BCUT2D eigenvalue weighted by molar-refractivity contribution is 5.80. The lowest BCUT2D eigenvalue weighted by molar-refractivity contribution is -0.126. The van der Waals surface area contributed by atoms with E-state index in [-0.39, 0.29) is 5.91 Å². The Kier molecular flexibility index (Phi) is 5.01. The van der Waals surface area contributed by atoms with Gasteiger partial charge in [0.25, 0.3) is 0 Å². The lowest BCUT2D eigenvalue weighted by Gasteiger charge is -2.12. The summed E-state index contributed by atoms with van der Waals surface area (Å²) in [4.78, 5) is 13.0. The molecule has 94 valence electrons. The molecule has 0 saturated heterocycles. The van der Waals surface area contributed by atoms with Crippen LogP contribution < -0.4 is 5.32 Å². The summed E-state index contributed by atoms with van der Waals surface area (Å²) in [6.07, 6.45) is 1.09. The number of rotatable bonds is 5. The molecule has 3 heteroatoms. The van der Waals surface area contributed by atoms with Crippen LogP contribution in [0.1, 0.15) is 19.4 Å². The van der Waals surface area contributed by atoms with Crippen LogP contribution in [-0.2, 0) is 11.2 Å². The number of likely N-dealkylation sites (N-methyl/N-ethyl adjacent to an activating group) is 1. The maximum absolute atomic E-state index is 11.4. The molecule has 0 radical (unpaired) electrons. The second kappa shape index (κ2) is 6.28. The monoisotopic (exact) mass is 234 g/mol. The Bertz CT molecular complexity index is 355. The Morgan fingerprint density at radius 1 is 1.24 bits per heavy atom. The van der Waals surface area contributed by atoms with Crippen molar-refractivity contribution in [2.45, 2.75) is 20.3 Å². The number of carbonyl (C=O) groups excluding carboxylic acids is 1. The molecule has 1 aromatic rings. The molecule has 17 heavy (non-hydrogen) atoms. The van der Waals surface area contributed by atoms with Crippen molar-refractivity contribution in [1.29, 1.82) is 0 Å². The number of nitrogens with zero attached hydrogens (tertiary/aromatic N) is 1. The van der Waals surface area contributed by atoms with Gasteiger partial charge in [-0.2, -0.15) is 0 Å². The Balaban J connectivity index is 2.48. The number of benzene rings is 1. The maximum Gasteiger partial charge on any atom is 0.241 e. The van der Waals surface area contributed by atoms with Gasteiger partial charge in [0.15, 0.2) is 0 Å². The van der Waals surface area contributed by atoms with Gasteiger partial charge in [-0.05, 0) is 30.0 Å². The molecule has 0 aliphatic rings. The summed E-state index contributed by atoms with van der Waals surface area (Å²) in [6.45, 7) is 4.76. The molecule has 1 aromatic carbocycles. The summed E-state index contributed by atoms with van der Waals surface area (Å²) >= 11 is 0. The summed E-state index contributed by atoms with van der Waals surface area (Å²) in [7, 11) is 3.52. The van der Waals surface area contributed by atoms with E-state index < -0.39 is 0 Å². The van der Waals surface area contributed by atoms with E-state index in [0.717, 1.165) is 12.1 Å². The molecule has 1 rings (SSSR count). The number of nitrogens with one attached hydrogen (secondary N) is 1. The Hall–Kier alpha value is -1.51. The van der Waals surface area contributed by atoms with Crippen LogP contribution in [0.2, 0.25) is 0 Å². The minimum Gasteiger partial charge on any atom is -0.376 e. The Labute approximate surface area is 104 Å². The second-order valence-corrected chi connectivity index (χ2v) is 4.94. The summed E-state index contributed by atoms with van der Waals surface area (Å²) in [5.41, 5.74) is 2.33. The van der Waals surface area contributed by atoms with Crippen LogP contribution in [0.5, 0.6) is 0 Å². The van der Waals surface area contributed by atoms with Gasteiger partial charge in [0.2, 0.25) is 5.91 Å². The van der Waals surface area contributed by atoms with Gasteiger partial charge in [0.05, 0.1) is 6.54 Å². The summed E-state index contributed by atoms with van der Waals surface area (Å²) in [6, 6.07) is 8.28. The number of anilines is 1. The summed E-state index contributed by atoms with van der Waals surface area (Å²) in [5, 5.41) is 3.12. The molecular weight excluding hydrogens is 212 g/mol. The normalized spacial score (nSPS) is 10.4. The van der Waals surface area contributed by atoms with Crippen LogP contribution in [0.4, 0.5) is 5.69 Å². The smallest absolute Gasteiger partial charge is 0.241 e. The van der Waals surface area contributed by atoms with E-state index >= 15 is 0 Å². The van der Waals surface area contributed by atoms with Gasteiger partial charge >= 0.3 is 0 Å². The van der Waals surface area contributed by atoms with Crippen LogP contribution in [0.3, 0.4) is 0 Å². The van der Waals surface area contributed by atoms with Crippen LogP contribution in [0, 0.1) is 5.92 Å². The number of hydrogen-bond donors (Lipinski definition) is 1. The first-order valence-corrected chi connectivity index (χ1v) is 6.02. The molecule has 1 amide bonds. The topological polar surface area (TPSA) is 32.3 Å². The van der Waals surface area contributed by atoms with Crippen molar-refractivity contribution in [1.82, 2.24) is 4.90 Å². The fourth-order valence-corrected chi connectivity index (χ4v) is 1.57. The predicted molar refractivity (Wildman–Crippen MR) is 72.2 cm³/mol. The van der Waals surface area contributed by atoms with Gasteiger partial charge in [0.1, 0.15) is 0 Å². The van der Waals surface area contributed by atoms with E-state index in [4.69, 9.17) is 0 Å². The second-order valence-electron chi connectivity index (χ2n) is 4.94. The number of amides is 1. The molecule has 0 bridgehead atoms. The first kappa shape index (κ1) is 13.6. The first-order valence-electron chi connectivity index (χ1n) is 6.02. The third-order valence-electron chi connectivity index (χ3n) is 2.54. The zero-order valence-corrected chi connectivity index (χ0v) is 11.2. The zero-order chi connectivity index (χ0) is 12.8. The molecule has 0 unspecified atom stereocenters. The average Bonchev–Trinajstić information content (AvgIpc) is 2.26. The van der Waals surface area contributed by atoms with Gasteiger partial charge in [0, 0.05) is 19.8 Å². The van der Waals surface area contributed by atoms with E-state index in [9.17, 15) is 4.79 Å². The number of hydrogen-bond acceptors (Lipinski definition) is 2. The van der Waals surface area contributed by atoms with Crippen molar-refractivity contribution >= 4 is 11.6 Å². The number of carbonyl (C=O) groups is 1. The molecule has 1 N–H and O–H groups in total. The van der Waals surface area contributed by atoms with Crippen molar-refractivity contribution in [2.24, 2.45) is 5.92 Å². The van der Waals surface area contributed by atoms with Gasteiger partial charge < -0.3 is 10.2 Å². The minimum absolute atomic E-state index is 0.0799. The maximum atomic E-state index is 11.4. The molecule has 0 aromatic heterocycles. The average molecular weight is 234 g/mol. The summed E-state index contributed by atoms with van der Waals surface area (Å²) < 4.78 is 0. The third-order valence-corrected chi connectivity index (χ3v) is 2.54. The molecule has 0 fully saturated rings. The van der Waals surface area contributed by atoms with Crippen molar-refractivity contribution < 1.29 is 4.79 Å². The molecular formula is C14H22N2O. The van der Waals surface area contributed by atoms with Gasteiger partial charge in [-0.1, -0.05) is 26.0 Å². The third kappa shape index (κ3) is 4.89. The predicted octanol–water partition coefficient (Wildman–Crippen LogP) is 2.39. The lowest BCUT2D eigenvalue weighted by atomic mass is 10.0. The van der Waals surface area contributed by atoms with Gasteiger partial charge in [-0.3, -0.25) is 4.79 Å². The van der Waals surface area contributed by atoms with Crippen molar-refractivity contribution in [2.75, 3.05) is 26.0 Å². The van der Waals surface area contributed by atoms with Crippen molar-refractivity contribution in [3.05, 3.63) is 29.8 Å². The van der Waals surface area contributed by atoms with E-state index in [1.54, 1.807) is 19.0 Å². The van der Waals surface area contributed by atoms with Crippen LogP contribution in [-0.4, -0.2) is 31.4 Å². The Morgan fingerprint density at radius 2 is 1.82 bits per heavy atom. The molecule has 0 spiro atoms. The highest BCUT2D eigenvalue weighted by Crippen LogP contribution is 2.12. The fraction of sp³-hybridized carbons (Fsp3) is 0.500. The van der Waals surface area contributed by atoms with Crippen LogP contribution in [0.15, 0.2) is 24.3 Å². The highest BCUT2D eigenvalue weighted by Gasteiger charge is 2.03. The fourth-order valence-electron chi connectivity index (χ4n) is 1.57. The van der Waals surface area contributed by atoms with Crippen molar-refractivity contribution in [3.8, 4) is 0 Å². The zero-order valence-electron chi connectivity index (χ0n) is 11.2. The van der Waals surface area contributed by atoms with Gasteiger partial charge in [-0.25, -0.2) is 0 Å². The molecule has 0 saturated carbocycles. The quantitative estimate of drug-likeness (QED) is 0.848. The van der Waals surface area contributed by atoms with E-state index in [1.165, 1.54) is 5.56 Å². The molecule has 0 aliphatic carbocycles. The van der Waals surface area contributed by atoms with Crippen molar-refractivity contribution in [3.63, 3.8) is 0 Å². The largest absolute Gasteiger partial charge is 0.376 e. The van der Waals surface area contributed by atoms with Crippen LogP contribution >= 0.6 is 0 Å². The van der Waals surface area contributed by atoms with E-state index in [0.29, 0.717) is 12.5 Å². The lowest BCUT2D eigenvalue weighted by Crippen LogP contribution is -2.28. The minimum atomic E-state index is 0.0799. The SMILES string of the molecule is CC(C)Cc1ccc(NCC(=O)N(C)C)cc1. The first-order chi connectivity index (χ1) is 7.99. The molecule has 0 heterocycles. The van der Waals surface area contributed by atoms with Crippen LogP contribution in [0.25, 0.3) is 0 Å².